The topological polar surface area (TPSA) is 57.6 Å². The Hall–Kier alpha value is -1.01. The van der Waals surface area contributed by atoms with Crippen LogP contribution in [0.3, 0.4) is 0 Å². The molecule has 1 saturated heterocycles. The highest BCUT2D eigenvalue weighted by molar-refractivity contribution is 9.10. The van der Waals surface area contributed by atoms with Crippen LogP contribution in [0.5, 0.6) is 0 Å². The van der Waals surface area contributed by atoms with Gasteiger partial charge in [0.15, 0.2) is 0 Å². The van der Waals surface area contributed by atoms with Crippen molar-refractivity contribution in [1.29, 1.82) is 0 Å². The molecule has 1 heterocycles. The fourth-order valence-corrected chi connectivity index (χ4v) is 3.78. The summed E-state index contributed by atoms with van der Waals surface area (Å²) in [5.41, 5.74) is 0. The molecule has 1 aromatic carbocycles. The SMILES string of the molecule is O=C(O)C1CCCN1C(=O)CCSc1ccccc1Br. The van der Waals surface area contributed by atoms with E-state index in [-0.39, 0.29) is 5.91 Å². The van der Waals surface area contributed by atoms with Gasteiger partial charge in [-0.15, -0.1) is 11.8 Å². The van der Waals surface area contributed by atoms with Gasteiger partial charge in [-0.3, -0.25) is 4.79 Å². The lowest BCUT2D eigenvalue weighted by molar-refractivity contribution is -0.148. The molecule has 1 atom stereocenters. The van der Waals surface area contributed by atoms with Crippen molar-refractivity contribution in [2.24, 2.45) is 0 Å². The zero-order valence-electron chi connectivity index (χ0n) is 10.9. The van der Waals surface area contributed by atoms with Crippen LogP contribution < -0.4 is 0 Å². The number of thioether (sulfide) groups is 1. The molecule has 4 nitrogen and oxygen atoms in total. The van der Waals surface area contributed by atoms with Crippen molar-refractivity contribution in [2.75, 3.05) is 12.3 Å². The van der Waals surface area contributed by atoms with E-state index in [9.17, 15) is 9.59 Å². The molecule has 108 valence electrons. The Morgan fingerprint density at radius 2 is 2.15 bits per heavy atom. The predicted molar refractivity (Wildman–Crippen MR) is 81.9 cm³/mol. The maximum atomic E-state index is 12.1. The number of hydrogen-bond donors (Lipinski definition) is 1. The van der Waals surface area contributed by atoms with Crippen LogP contribution in [0.4, 0.5) is 0 Å². The zero-order chi connectivity index (χ0) is 14.5. The normalized spacial score (nSPS) is 18.2. The standard InChI is InChI=1S/C14H16BrNO3S/c15-10-4-1-2-6-12(10)20-9-7-13(17)16-8-3-5-11(16)14(18)19/h1-2,4,6,11H,3,5,7-9H2,(H,18,19). The monoisotopic (exact) mass is 357 g/mol. The summed E-state index contributed by atoms with van der Waals surface area (Å²) >= 11 is 5.07. The average Bonchev–Trinajstić information content (AvgIpc) is 2.90. The molecule has 0 radical (unpaired) electrons. The number of amides is 1. The van der Waals surface area contributed by atoms with E-state index in [1.165, 1.54) is 4.90 Å². The summed E-state index contributed by atoms with van der Waals surface area (Å²) in [6.07, 6.45) is 1.72. The van der Waals surface area contributed by atoms with Crippen molar-refractivity contribution in [3.8, 4) is 0 Å². The summed E-state index contributed by atoms with van der Waals surface area (Å²) in [5, 5.41) is 9.07. The Kier molecular flexibility index (Phi) is 5.48. The van der Waals surface area contributed by atoms with Crippen molar-refractivity contribution >= 4 is 39.6 Å². The van der Waals surface area contributed by atoms with E-state index >= 15 is 0 Å². The Labute approximate surface area is 130 Å². The van der Waals surface area contributed by atoms with Crippen molar-refractivity contribution in [1.82, 2.24) is 4.90 Å². The predicted octanol–water partition coefficient (Wildman–Crippen LogP) is 3.01. The first-order chi connectivity index (χ1) is 9.59. The molecular formula is C14H16BrNO3S. The lowest BCUT2D eigenvalue weighted by atomic mass is 10.2. The van der Waals surface area contributed by atoms with Crippen LogP contribution in [0.2, 0.25) is 0 Å². The van der Waals surface area contributed by atoms with Gasteiger partial charge in [-0.1, -0.05) is 12.1 Å². The third-order valence-corrected chi connectivity index (χ3v) is 5.30. The van der Waals surface area contributed by atoms with Gasteiger partial charge in [-0.05, 0) is 40.9 Å². The molecule has 1 fully saturated rings. The number of hydrogen-bond acceptors (Lipinski definition) is 3. The third-order valence-electron chi connectivity index (χ3n) is 3.27. The summed E-state index contributed by atoms with van der Waals surface area (Å²) in [7, 11) is 0. The van der Waals surface area contributed by atoms with E-state index in [0.717, 1.165) is 15.8 Å². The number of halogens is 1. The highest BCUT2D eigenvalue weighted by Crippen LogP contribution is 2.28. The van der Waals surface area contributed by atoms with Crippen molar-refractivity contribution in [3.05, 3.63) is 28.7 Å². The fraction of sp³-hybridized carbons (Fsp3) is 0.429. The van der Waals surface area contributed by atoms with Gasteiger partial charge < -0.3 is 10.0 Å². The van der Waals surface area contributed by atoms with Gasteiger partial charge in [-0.25, -0.2) is 4.79 Å². The lowest BCUT2D eigenvalue weighted by Gasteiger charge is -2.21. The molecular weight excluding hydrogens is 342 g/mol. The van der Waals surface area contributed by atoms with E-state index in [0.29, 0.717) is 25.1 Å². The van der Waals surface area contributed by atoms with Gasteiger partial charge >= 0.3 is 5.97 Å². The molecule has 0 spiro atoms. The molecule has 1 aromatic rings. The summed E-state index contributed by atoms with van der Waals surface area (Å²) < 4.78 is 1.02. The number of aliphatic carboxylic acids is 1. The van der Waals surface area contributed by atoms with Gasteiger partial charge in [0.05, 0.1) is 0 Å². The second kappa shape index (κ2) is 7.13. The number of carbonyl (C=O) groups is 2. The molecule has 1 amide bonds. The summed E-state index contributed by atoms with van der Waals surface area (Å²) in [6.45, 7) is 0.565. The Morgan fingerprint density at radius 3 is 2.85 bits per heavy atom. The van der Waals surface area contributed by atoms with E-state index in [1.54, 1.807) is 11.8 Å². The fourth-order valence-electron chi connectivity index (χ4n) is 2.28. The van der Waals surface area contributed by atoms with E-state index in [2.05, 4.69) is 15.9 Å². The molecule has 0 bridgehead atoms. The third kappa shape index (κ3) is 3.76. The minimum Gasteiger partial charge on any atom is -0.480 e. The first kappa shape index (κ1) is 15.4. The number of rotatable bonds is 5. The van der Waals surface area contributed by atoms with Crippen LogP contribution in [-0.4, -0.2) is 40.2 Å². The largest absolute Gasteiger partial charge is 0.480 e. The van der Waals surface area contributed by atoms with E-state index in [1.807, 2.05) is 24.3 Å². The highest BCUT2D eigenvalue weighted by atomic mass is 79.9. The molecule has 1 aliphatic rings. The van der Waals surface area contributed by atoms with Gasteiger partial charge in [0, 0.05) is 28.1 Å². The smallest absolute Gasteiger partial charge is 0.326 e. The van der Waals surface area contributed by atoms with Gasteiger partial charge in [0.25, 0.3) is 0 Å². The molecule has 0 aromatic heterocycles. The van der Waals surface area contributed by atoms with E-state index < -0.39 is 12.0 Å². The maximum absolute atomic E-state index is 12.1. The van der Waals surface area contributed by atoms with Gasteiger partial charge in [0.1, 0.15) is 6.04 Å². The Bertz CT molecular complexity index is 509. The summed E-state index contributed by atoms with van der Waals surface area (Å²) in [5.74, 6) is -0.298. The minimum atomic E-state index is -0.894. The molecule has 1 unspecified atom stereocenters. The van der Waals surface area contributed by atoms with Crippen molar-refractivity contribution in [3.63, 3.8) is 0 Å². The van der Waals surface area contributed by atoms with Crippen LogP contribution in [0, 0.1) is 0 Å². The first-order valence-corrected chi connectivity index (χ1v) is 8.27. The van der Waals surface area contributed by atoms with Crippen LogP contribution in [0.25, 0.3) is 0 Å². The molecule has 6 heteroatoms. The number of nitrogens with zero attached hydrogens (tertiary/aromatic N) is 1. The number of benzene rings is 1. The van der Waals surface area contributed by atoms with Crippen molar-refractivity contribution in [2.45, 2.75) is 30.2 Å². The molecule has 0 aliphatic carbocycles. The van der Waals surface area contributed by atoms with Crippen LogP contribution in [0.1, 0.15) is 19.3 Å². The number of carboxylic acids is 1. The van der Waals surface area contributed by atoms with Gasteiger partial charge in [-0.2, -0.15) is 0 Å². The second-order valence-corrected chi connectivity index (χ2v) is 6.60. The molecule has 1 N–H and O–H groups in total. The summed E-state index contributed by atoms with van der Waals surface area (Å²) in [6, 6.07) is 7.23. The Morgan fingerprint density at radius 1 is 1.40 bits per heavy atom. The molecule has 1 aliphatic heterocycles. The zero-order valence-corrected chi connectivity index (χ0v) is 13.3. The van der Waals surface area contributed by atoms with Gasteiger partial charge in [0.2, 0.25) is 5.91 Å². The van der Waals surface area contributed by atoms with Crippen LogP contribution >= 0.6 is 27.7 Å². The van der Waals surface area contributed by atoms with E-state index in [4.69, 9.17) is 5.11 Å². The first-order valence-electron chi connectivity index (χ1n) is 6.49. The molecule has 2 rings (SSSR count). The quantitative estimate of drug-likeness (QED) is 0.823. The van der Waals surface area contributed by atoms with Crippen LogP contribution in [0.15, 0.2) is 33.6 Å². The maximum Gasteiger partial charge on any atom is 0.326 e. The summed E-state index contributed by atoms with van der Waals surface area (Å²) in [4.78, 5) is 25.7. The molecule has 0 saturated carbocycles. The molecule has 20 heavy (non-hydrogen) atoms. The minimum absolute atomic E-state index is 0.0607. The number of carbonyl (C=O) groups excluding carboxylic acids is 1. The highest BCUT2D eigenvalue weighted by Gasteiger charge is 2.33. The number of likely N-dealkylation sites (tertiary alicyclic amines) is 1. The Balaban J connectivity index is 1.84. The van der Waals surface area contributed by atoms with Crippen molar-refractivity contribution < 1.29 is 14.7 Å². The average molecular weight is 358 g/mol. The second-order valence-electron chi connectivity index (χ2n) is 4.61. The number of carboxylic acid groups (broad SMARTS) is 1. The lowest BCUT2D eigenvalue weighted by Crippen LogP contribution is -2.40. The van der Waals surface area contributed by atoms with Crippen LogP contribution in [-0.2, 0) is 9.59 Å².